The molecule has 1 atom stereocenters. The number of rotatable bonds is 4. The second kappa shape index (κ2) is 4.30. The number of thioether (sulfide) groups is 1. The topological polar surface area (TPSA) is 63.4 Å². The summed E-state index contributed by atoms with van der Waals surface area (Å²) in [5.74, 6) is 0.757. The number of hydrogen-bond acceptors (Lipinski definition) is 3. The highest BCUT2D eigenvalue weighted by molar-refractivity contribution is 7.98. The third kappa shape index (κ3) is 3.95. The van der Waals surface area contributed by atoms with Gasteiger partial charge in [0.15, 0.2) is 0 Å². The van der Waals surface area contributed by atoms with Crippen LogP contribution in [-0.2, 0) is 10.2 Å². The molecule has 4 nitrogen and oxygen atoms in total. The van der Waals surface area contributed by atoms with E-state index in [1.165, 1.54) is 11.4 Å². The number of hydrogen-bond donors (Lipinski definition) is 1. The van der Waals surface area contributed by atoms with Crippen molar-refractivity contribution in [3.05, 3.63) is 0 Å². The van der Waals surface area contributed by atoms with Crippen LogP contribution in [0.25, 0.3) is 0 Å². The minimum atomic E-state index is -3.50. The van der Waals surface area contributed by atoms with Crippen LogP contribution in [0.2, 0.25) is 0 Å². The molecule has 0 fully saturated rings. The summed E-state index contributed by atoms with van der Waals surface area (Å²) >= 11 is 1.59. The summed E-state index contributed by atoms with van der Waals surface area (Å²) in [6.45, 7) is 1.82. The molecule has 0 heterocycles. The van der Waals surface area contributed by atoms with Gasteiger partial charge in [-0.3, -0.25) is 0 Å². The van der Waals surface area contributed by atoms with Crippen LogP contribution in [0.15, 0.2) is 0 Å². The van der Waals surface area contributed by atoms with Crippen molar-refractivity contribution in [2.75, 3.05) is 19.1 Å². The van der Waals surface area contributed by atoms with Crippen LogP contribution in [0.4, 0.5) is 0 Å². The van der Waals surface area contributed by atoms with Crippen LogP contribution in [0.3, 0.4) is 0 Å². The molecule has 68 valence electrons. The van der Waals surface area contributed by atoms with E-state index in [1.54, 1.807) is 11.8 Å². The summed E-state index contributed by atoms with van der Waals surface area (Å²) in [7, 11) is -2.02. The molecule has 0 radical (unpaired) electrons. The average molecular weight is 198 g/mol. The Morgan fingerprint density at radius 1 is 1.64 bits per heavy atom. The maximum Gasteiger partial charge on any atom is 0.276 e. The predicted octanol–water partition coefficient (Wildman–Crippen LogP) is -0.127. The Hall–Kier alpha value is 0.220. The van der Waals surface area contributed by atoms with Crippen molar-refractivity contribution in [1.82, 2.24) is 4.31 Å². The Morgan fingerprint density at radius 3 is 2.36 bits per heavy atom. The van der Waals surface area contributed by atoms with E-state index >= 15 is 0 Å². The summed E-state index contributed by atoms with van der Waals surface area (Å²) in [4.78, 5) is 0. The highest BCUT2D eigenvalue weighted by Gasteiger charge is 2.17. The first-order valence-corrected chi connectivity index (χ1v) is 6.04. The van der Waals surface area contributed by atoms with Crippen LogP contribution in [-0.4, -0.2) is 37.8 Å². The van der Waals surface area contributed by atoms with Crippen molar-refractivity contribution in [3.8, 4) is 0 Å². The molecule has 6 heteroatoms. The van der Waals surface area contributed by atoms with Gasteiger partial charge in [-0.15, -0.1) is 0 Å². The summed E-state index contributed by atoms with van der Waals surface area (Å²) in [5, 5.41) is 4.90. The SMILES string of the molecule is CSCC(C)N(C)S(N)(=O)=O. The van der Waals surface area contributed by atoms with E-state index in [4.69, 9.17) is 5.14 Å². The fraction of sp³-hybridized carbons (Fsp3) is 1.00. The normalized spacial score (nSPS) is 15.4. The molecule has 0 bridgehead atoms. The van der Waals surface area contributed by atoms with Crippen LogP contribution in [0.1, 0.15) is 6.92 Å². The molecular formula is C5H14N2O2S2. The number of nitrogens with zero attached hydrogens (tertiary/aromatic N) is 1. The largest absolute Gasteiger partial charge is 0.276 e. The Kier molecular flexibility index (Phi) is 4.38. The second-order valence-electron chi connectivity index (χ2n) is 2.37. The molecule has 0 aliphatic heterocycles. The van der Waals surface area contributed by atoms with E-state index in [1.807, 2.05) is 13.2 Å². The van der Waals surface area contributed by atoms with Crippen molar-refractivity contribution < 1.29 is 8.42 Å². The standard InChI is InChI=1S/C5H14N2O2S2/c1-5(4-10-3)7(2)11(6,8)9/h5H,4H2,1-3H3,(H2,6,8,9). The van der Waals surface area contributed by atoms with Crippen molar-refractivity contribution in [1.29, 1.82) is 0 Å². The molecule has 2 N–H and O–H groups in total. The van der Waals surface area contributed by atoms with Gasteiger partial charge in [0.25, 0.3) is 10.2 Å². The van der Waals surface area contributed by atoms with Crippen molar-refractivity contribution in [2.24, 2.45) is 5.14 Å². The van der Waals surface area contributed by atoms with Crippen molar-refractivity contribution in [3.63, 3.8) is 0 Å². The lowest BCUT2D eigenvalue weighted by Crippen LogP contribution is -2.40. The average Bonchev–Trinajstić information content (AvgIpc) is 1.85. The van der Waals surface area contributed by atoms with Crippen LogP contribution < -0.4 is 5.14 Å². The zero-order valence-electron chi connectivity index (χ0n) is 6.94. The Balaban J connectivity index is 4.14. The minimum absolute atomic E-state index is 0.0417. The van der Waals surface area contributed by atoms with Gasteiger partial charge < -0.3 is 0 Å². The van der Waals surface area contributed by atoms with E-state index in [0.717, 1.165) is 5.75 Å². The summed E-state index contributed by atoms with van der Waals surface area (Å²) in [5.41, 5.74) is 0. The summed E-state index contributed by atoms with van der Waals surface area (Å²) in [6.07, 6.45) is 1.92. The molecule has 0 aliphatic rings. The summed E-state index contributed by atoms with van der Waals surface area (Å²) < 4.78 is 22.7. The Morgan fingerprint density at radius 2 is 2.09 bits per heavy atom. The van der Waals surface area contributed by atoms with Gasteiger partial charge in [-0.1, -0.05) is 0 Å². The highest BCUT2D eigenvalue weighted by Crippen LogP contribution is 2.05. The minimum Gasteiger partial charge on any atom is -0.216 e. The molecule has 0 aromatic rings. The first-order chi connectivity index (χ1) is 4.89. The monoisotopic (exact) mass is 198 g/mol. The molecule has 0 spiro atoms. The van der Waals surface area contributed by atoms with E-state index in [-0.39, 0.29) is 6.04 Å². The first-order valence-electron chi connectivity index (χ1n) is 3.14. The third-order valence-electron chi connectivity index (χ3n) is 1.43. The van der Waals surface area contributed by atoms with Gasteiger partial charge in [0, 0.05) is 18.8 Å². The Bertz CT molecular complexity index is 203. The molecule has 0 saturated heterocycles. The highest BCUT2D eigenvalue weighted by atomic mass is 32.2. The van der Waals surface area contributed by atoms with Crippen LogP contribution in [0.5, 0.6) is 0 Å². The van der Waals surface area contributed by atoms with Crippen LogP contribution in [0, 0.1) is 0 Å². The quantitative estimate of drug-likeness (QED) is 0.684. The lowest BCUT2D eigenvalue weighted by atomic mass is 10.4. The molecule has 0 aromatic heterocycles. The van der Waals surface area contributed by atoms with Crippen LogP contribution >= 0.6 is 11.8 Å². The maximum atomic E-state index is 10.7. The molecule has 1 unspecified atom stereocenters. The summed E-state index contributed by atoms with van der Waals surface area (Å²) in [6, 6.07) is -0.0417. The molecule has 0 aliphatic carbocycles. The van der Waals surface area contributed by atoms with Crippen molar-refractivity contribution in [2.45, 2.75) is 13.0 Å². The maximum absolute atomic E-state index is 10.7. The fourth-order valence-electron chi connectivity index (χ4n) is 0.597. The molecule has 0 rings (SSSR count). The van der Waals surface area contributed by atoms with Gasteiger partial charge in [-0.2, -0.15) is 24.5 Å². The van der Waals surface area contributed by atoms with E-state index < -0.39 is 10.2 Å². The second-order valence-corrected chi connectivity index (χ2v) is 4.88. The van der Waals surface area contributed by atoms with E-state index in [9.17, 15) is 8.42 Å². The molecular weight excluding hydrogens is 184 g/mol. The van der Waals surface area contributed by atoms with Gasteiger partial charge in [-0.25, -0.2) is 5.14 Å². The zero-order chi connectivity index (χ0) is 9.07. The zero-order valence-corrected chi connectivity index (χ0v) is 8.58. The van der Waals surface area contributed by atoms with Crippen molar-refractivity contribution >= 4 is 22.0 Å². The third-order valence-corrected chi connectivity index (χ3v) is 3.41. The lowest BCUT2D eigenvalue weighted by molar-refractivity contribution is 0.416. The molecule has 0 aromatic carbocycles. The van der Waals surface area contributed by atoms with E-state index in [2.05, 4.69) is 0 Å². The van der Waals surface area contributed by atoms with Gasteiger partial charge in [0.1, 0.15) is 0 Å². The van der Waals surface area contributed by atoms with Gasteiger partial charge >= 0.3 is 0 Å². The van der Waals surface area contributed by atoms with Gasteiger partial charge in [-0.05, 0) is 13.2 Å². The van der Waals surface area contributed by atoms with E-state index in [0.29, 0.717) is 0 Å². The molecule has 0 amide bonds. The van der Waals surface area contributed by atoms with Gasteiger partial charge in [0.2, 0.25) is 0 Å². The fourth-order valence-corrected chi connectivity index (χ4v) is 1.97. The smallest absolute Gasteiger partial charge is 0.216 e. The van der Waals surface area contributed by atoms with Gasteiger partial charge in [0.05, 0.1) is 0 Å². The molecule has 0 saturated carbocycles. The number of nitrogens with two attached hydrogens (primary N) is 1. The predicted molar refractivity (Wildman–Crippen MR) is 48.7 cm³/mol. The lowest BCUT2D eigenvalue weighted by Gasteiger charge is -2.20. The Labute approximate surface area is 72.3 Å². The first kappa shape index (κ1) is 11.2. The molecule has 11 heavy (non-hydrogen) atoms.